The van der Waals surface area contributed by atoms with Crippen LogP contribution >= 0.6 is 0 Å². The second-order valence-corrected chi connectivity index (χ2v) is 8.82. The van der Waals surface area contributed by atoms with Crippen molar-refractivity contribution in [2.45, 2.75) is 38.6 Å². The monoisotopic (exact) mass is 379 g/mol. The first-order chi connectivity index (χ1) is 12.2. The van der Waals surface area contributed by atoms with E-state index in [2.05, 4.69) is 21.3 Å². The average molecular weight is 379 g/mol. The molecule has 0 radical (unpaired) electrons. The summed E-state index contributed by atoms with van der Waals surface area (Å²) in [5.74, 6) is 2.30. The van der Waals surface area contributed by atoms with Crippen LogP contribution in [0.5, 0.6) is 0 Å². The molecule has 1 saturated heterocycles. The third-order valence-corrected chi connectivity index (χ3v) is 5.91. The predicted octanol–water partition coefficient (Wildman–Crippen LogP) is 1.81. The predicted molar refractivity (Wildman–Crippen MR) is 98.0 cm³/mol. The van der Waals surface area contributed by atoms with Gasteiger partial charge in [0.2, 0.25) is 16.0 Å². The lowest BCUT2D eigenvalue weighted by atomic mass is 10.1. The van der Waals surface area contributed by atoms with Gasteiger partial charge in [-0.15, -0.1) is 11.5 Å². The van der Waals surface area contributed by atoms with Crippen LogP contribution < -0.4 is 5.32 Å². The zero-order valence-corrected chi connectivity index (χ0v) is 15.8. The summed E-state index contributed by atoms with van der Waals surface area (Å²) in [5, 5.41) is 7.63. The molecule has 0 spiro atoms. The number of fused-ring (bicyclic) bond motifs is 1. The number of hydrogen-bond donors (Lipinski definition) is 1. The summed E-state index contributed by atoms with van der Waals surface area (Å²) in [6.07, 6.45) is 9.41. The second-order valence-electron chi connectivity index (χ2n) is 6.83. The highest BCUT2D eigenvalue weighted by Crippen LogP contribution is 2.27. The molecule has 1 aliphatic rings. The number of nitrogens with one attached hydrogen (secondary N) is 1. The van der Waals surface area contributed by atoms with Gasteiger partial charge in [0.05, 0.1) is 23.7 Å². The van der Waals surface area contributed by atoms with Crippen molar-refractivity contribution in [3.8, 4) is 12.3 Å². The summed E-state index contributed by atoms with van der Waals surface area (Å²) in [4.78, 5) is 4.19. The highest BCUT2D eigenvalue weighted by molar-refractivity contribution is 7.88. The molecule has 140 valence electrons. The molecular weight excluding hydrogens is 357 g/mol. The van der Waals surface area contributed by atoms with E-state index in [1.54, 1.807) is 0 Å². The number of sulfonamides is 1. The van der Waals surface area contributed by atoms with Crippen molar-refractivity contribution in [2.75, 3.05) is 24.7 Å². The molecule has 1 fully saturated rings. The highest BCUT2D eigenvalue weighted by atomic mass is 32.2. The Morgan fingerprint density at radius 1 is 1.38 bits per heavy atom. The van der Waals surface area contributed by atoms with E-state index in [4.69, 9.17) is 6.42 Å². The molecule has 1 N–H and O–H groups in total. The average Bonchev–Trinajstić information content (AvgIpc) is 2.86. The first kappa shape index (κ1) is 18.6. The van der Waals surface area contributed by atoms with Crippen molar-refractivity contribution in [3.63, 3.8) is 0 Å². The normalized spacial score (nSPS) is 16.9. The van der Waals surface area contributed by atoms with Crippen molar-refractivity contribution >= 4 is 21.5 Å². The minimum Gasteiger partial charge on any atom is -0.350 e. The number of hydrogen-bond acceptors (Lipinski definition) is 5. The lowest BCUT2D eigenvalue weighted by Crippen LogP contribution is -2.42. The molecule has 0 unspecified atom stereocenters. The maximum atomic E-state index is 14.5. The Bertz CT molecular complexity index is 969. The molecule has 26 heavy (non-hydrogen) atoms. The molecule has 1 aliphatic heterocycles. The van der Waals surface area contributed by atoms with E-state index in [0.29, 0.717) is 37.6 Å². The van der Waals surface area contributed by atoms with Gasteiger partial charge in [-0.05, 0) is 18.8 Å². The molecule has 3 rings (SSSR count). The smallest absolute Gasteiger partial charge is 0.241 e. The first-order valence-electron chi connectivity index (χ1n) is 8.47. The number of aromatic nitrogens is 3. The Labute approximate surface area is 152 Å². The van der Waals surface area contributed by atoms with Crippen LogP contribution in [0, 0.1) is 18.2 Å². The Hall–Kier alpha value is -2.18. The van der Waals surface area contributed by atoms with Crippen molar-refractivity contribution in [3.05, 3.63) is 23.3 Å². The van der Waals surface area contributed by atoms with Crippen LogP contribution in [0.2, 0.25) is 0 Å². The van der Waals surface area contributed by atoms with Crippen LogP contribution in [0.25, 0.3) is 5.52 Å². The van der Waals surface area contributed by atoms with Crippen LogP contribution in [0.4, 0.5) is 10.3 Å². The van der Waals surface area contributed by atoms with Gasteiger partial charge in [-0.3, -0.25) is 0 Å². The molecule has 9 heteroatoms. The van der Waals surface area contributed by atoms with Gasteiger partial charge in [-0.1, -0.05) is 19.8 Å². The molecular formula is C17H22FN5O2S. The Kier molecular flexibility index (Phi) is 4.90. The number of piperidine rings is 1. The van der Waals surface area contributed by atoms with Crippen molar-refractivity contribution in [2.24, 2.45) is 0 Å². The molecule has 0 atom stereocenters. The first-order valence-corrected chi connectivity index (χ1v) is 10.3. The number of terminal acetylenes is 1. The van der Waals surface area contributed by atoms with Gasteiger partial charge in [0.25, 0.3) is 0 Å². The van der Waals surface area contributed by atoms with Crippen LogP contribution in [0.15, 0.2) is 6.20 Å². The topological polar surface area (TPSA) is 79.6 Å². The third-order valence-electron chi connectivity index (χ3n) is 4.61. The van der Waals surface area contributed by atoms with E-state index in [-0.39, 0.29) is 23.0 Å². The van der Waals surface area contributed by atoms with E-state index >= 15 is 0 Å². The molecule has 0 amide bonds. The molecule has 0 bridgehead atoms. The van der Waals surface area contributed by atoms with E-state index < -0.39 is 15.8 Å². The molecule has 7 nitrogen and oxygen atoms in total. The summed E-state index contributed by atoms with van der Waals surface area (Å²) < 4.78 is 40.6. The van der Waals surface area contributed by atoms with Gasteiger partial charge < -0.3 is 5.32 Å². The van der Waals surface area contributed by atoms with Crippen LogP contribution in [0.3, 0.4) is 0 Å². The highest BCUT2D eigenvalue weighted by Gasteiger charge is 2.26. The van der Waals surface area contributed by atoms with E-state index in [0.717, 1.165) is 0 Å². The Morgan fingerprint density at radius 3 is 2.58 bits per heavy atom. The fourth-order valence-electron chi connectivity index (χ4n) is 3.28. The van der Waals surface area contributed by atoms with Gasteiger partial charge in [0, 0.05) is 19.1 Å². The largest absolute Gasteiger partial charge is 0.350 e. The minimum absolute atomic E-state index is 0.00111. The molecule has 3 heterocycles. The standard InChI is InChI=1S/C17H22FN5O2S/c1-5-13-15(18)14-10-19-17(21-23(14)16(13)11(2)3)20-12-6-8-22(9-7-12)26(4,24)25/h1,10-12H,6-9H2,2-4H3,(H,20,21). The van der Waals surface area contributed by atoms with E-state index in [1.165, 1.54) is 21.3 Å². The summed E-state index contributed by atoms with van der Waals surface area (Å²) in [6.45, 7) is 4.76. The van der Waals surface area contributed by atoms with Crippen molar-refractivity contribution < 1.29 is 12.8 Å². The number of anilines is 1. The lowest BCUT2D eigenvalue weighted by molar-refractivity contribution is 0.331. The van der Waals surface area contributed by atoms with Crippen molar-refractivity contribution in [1.82, 2.24) is 18.9 Å². The number of rotatable bonds is 4. The summed E-state index contributed by atoms with van der Waals surface area (Å²) in [7, 11) is -3.16. The van der Waals surface area contributed by atoms with Crippen molar-refractivity contribution in [1.29, 1.82) is 0 Å². The second kappa shape index (κ2) is 6.85. The quantitative estimate of drug-likeness (QED) is 0.820. The zero-order chi connectivity index (χ0) is 19.1. The fraction of sp³-hybridized carbons (Fsp3) is 0.529. The van der Waals surface area contributed by atoms with Gasteiger partial charge in [-0.2, -0.15) is 0 Å². The maximum absolute atomic E-state index is 14.5. The zero-order valence-electron chi connectivity index (χ0n) is 15.0. The van der Waals surface area contributed by atoms with Gasteiger partial charge in [-0.25, -0.2) is 26.6 Å². The SMILES string of the molecule is C#Cc1c(F)c2cnc(NC3CCN(S(C)(=O)=O)CC3)nn2c1C(C)C. The fourth-order valence-corrected chi connectivity index (χ4v) is 4.16. The number of nitrogens with zero attached hydrogens (tertiary/aromatic N) is 4. The van der Waals surface area contributed by atoms with Gasteiger partial charge in [0.15, 0.2) is 5.82 Å². The van der Waals surface area contributed by atoms with Crippen LogP contribution in [0.1, 0.15) is 43.9 Å². The van der Waals surface area contributed by atoms with Crippen LogP contribution in [-0.2, 0) is 10.0 Å². The van der Waals surface area contributed by atoms with Gasteiger partial charge in [0.1, 0.15) is 5.52 Å². The lowest BCUT2D eigenvalue weighted by Gasteiger charge is -2.30. The van der Waals surface area contributed by atoms with E-state index in [9.17, 15) is 12.8 Å². The van der Waals surface area contributed by atoms with Crippen LogP contribution in [-0.4, -0.2) is 52.7 Å². The molecule has 0 aromatic carbocycles. The number of halogens is 1. The minimum atomic E-state index is -3.16. The summed E-state index contributed by atoms with van der Waals surface area (Å²) >= 11 is 0. The Balaban J connectivity index is 1.84. The molecule has 0 aliphatic carbocycles. The third kappa shape index (κ3) is 3.39. The maximum Gasteiger partial charge on any atom is 0.241 e. The van der Waals surface area contributed by atoms with E-state index in [1.807, 2.05) is 13.8 Å². The molecule has 0 saturated carbocycles. The van der Waals surface area contributed by atoms with Gasteiger partial charge >= 0.3 is 0 Å². The summed E-state index contributed by atoms with van der Waals surface area (Å²) in [5.41, 5.74) is 1.10. The molecule has 2 aromatic rings. The molecule has 2 aromatic heterocycles. The Morgan fingerprint density at radius 2 is 2.04 bits per heavy atom. The summed E-state index contributed by atoms with van der Waals surface area (Å²) in [6, 6.07) is 0.0560.